The van der Waals surface area contributed by atoms with Crippen molar-refractivity contribution in [3.05, 3.63) is 12.1 Å². The zero-order chi connectivity index (χ0) is 14.7. The van der Waals surface area contributed by atoms with E-state index in [1.807, 2.05) is 26.0 Å². The molecule has 0 amide bonds. The highest BCUT2D eigenvalue weighted by atomic mass is 16.5. The number of nitrogens with one attached hydrogen (secondary N) is 1. The molecule has 3 unspecified atom stereocenters. The van der Waals surface area contributed by atoms with Gasteiger partial charge >= 0.3 is 0 Å². The number of ether oxygens (including phenoxy) is 1. The molecule has 112 valence electrons. The molecule has 0 aromatic carbocycles. The predicted molar refractivity (Wildman–Crippen MR) is 84.0 cm³/mol. The van der Waals surface area contributed by atoms with E-state index in [-0.39, 0.29) is 6.10 Å². The van der Waals surface area contributed by atoms with Gasteiger partial charge in [-0.05, 0) is 44.2 Å². The summed E-state index contributed by atoms with van der Waals surface area (Å²) in [6.45, 7) is 8.62. The molecule has 3 N–H and O–H groups in total. The van der Waals surface area contributed by atoms with Gasteiger partial charge in [0.15, 0.2) is 0 Å². The van der Waals surface area contributed by atoms with Gasteiger partial charge < -0.3 is 15.8 Å². The number of nitrogen functional groups attached to an aromatic ring is 1. The molecule has 1 heterocycles. The first-order chi connectivity index (χ1) is 9.47. The normalized spacial score (nSPS) is 26.6. The molecule has 0 radical (unpaired) electrons. The highest BCUT2D eigenvalue weighted by molar-refractivity contribution is 5.54. The topological polar surface area (TPSA) is 60.2 Å². The van der Waals surface area contributed by atoms with E-state index in [2.05, 4.69) is 24.1 Å². The molecule has 3 atom stereocenters. The van der Waals surface area contributed by atoms with Crippen molar-refractivity contribution >= 4 is 11.5 Å². The third-order valence-electron chi connectivity index (χ3n) is 4.28. The molecule has 1 saturated carbocycles. The lowest BCUT2D eigenvalue weighted by atomic mass is 9.78. The smallest absolute Gasteiger partial charge is 0.239 e. The Morgan fingerprint density at radius 1 is 1.30 bits per heavy atom. The van der Waals surface area contributed by atoms with Crippen LogP contribution in [0.25, 0.3) is 0 Å². The molecular formula is C16H27N3O. The minimum absolute atomic E-state index is 0.0775. The van der Waals surface area contributed by atoms with Crippen molar-refractivity contribution in [1.82, 2.24) is 4.98 Å². The van der Waals surface area contributed by atoms with Crippen LogP contribution in [0.4, 0.5) is 11.5 Å². The second kappa shape index (κ2) is 6.33. The van der Waals surface area contributed by atoms with Gasteiger partial charge in [-0.2, -0.15) is 4.98 Å². The van der Waals surface area contributed by atoms with E-state index < -0.39 is 0 Å². The van der Waals surface area contributed by atoms with Crippen molar-refractivity contribution < 1.29 is 4.74 Å². The van der Waals surface area contributed by atoms with Crippen LogP contribution in [-0.2, 0) is 0 Å². The van der Waals surface area contributed by atoms with Gasteiger partial charge in [0.25, 0.3) is 0 Å². The average molecular weight is 277 g/mol. The quantitative estimate of drug-likeness (QED) is 0.881. The van der Waals surface area contributed by atoms with Crippen molar-refractivity contribution in [3.8, 4) is 5.88 Å². The van der Waals surface area contributed by atoms with Crippen LogP contribution in [0.3, 0.4) is 0 Å². The van der Waals surface area contributed by atoms with Crippen LogP contribution < -0.4 is 15.8 Å². The Hall–Kier alpha value is -1.45. The van der Waals surface area contributed by atoms with Crippen LogP contribution in [0.2, 0.25) is 0 Å². The van der Waals surface area contributed by atoms with Crippen molar-refractivity contribution in [2.75, 3.05) is 11.1 Å². The Labute approximate surface area is 122 Å². The summed E-state index contributed by atoms with van der Waals surface area (Å²) < 4.78 is 5.65. The molecule has 1 aromatic rings. The zero-order valence-electron chi connectivity index (χ0n) is 13.0. The summed E-state index contributed by atoms with van der Waals surface area (Å²) in [7, 11) is 0. The summed E-state index contributed by atoms with van der Waals surface area (Å²) >= 11 is 0. The molecule has 20 heavy (non-hydrogen) atoms. The van der Waals surface area contributed by atoms with Gasteiger partial charge in [-0.3, -0.25) is 0 Å². The SMILES string of the molecule is CC(C)Oc1nc(NC2CCCC(C)C2C)ccc1N. The standard InChI is InChI=1S/C16H27N3O/c1-10(2)20-16-13(17)8-9-15(19-16)18-14-7-5-6-11(3)12(14)4/h8-12,14H,5-7,17H2,1-4H3,(H,18,19). The molecule has 2 rings (SSSR count). The Bertz CT molecular complexity index is 447. The van der Waals surface area contributed by atoms with Crippen molar-refractivity contribution in [1.29, 1.82) is 0 Å². The number of aromatic nitrogens is 1. The van der Waals surface area contributed by atoms with E-state index in [1.54, 1.807) is 0 Å². The minimum atomic E-state index is 0.0775. The number of hydrogen-bond donors (Lipinski definition) is 2. The van der Waals surface area contributed by atoms with E-state index >= 15 is 0 Å². The number of hydrogen-bond acceptors (Lipinski definition) is 4. The molecular weight excluding hydrogens is 250 g/mol. The Morgan fingerprint density at radius 2 is 2.05 bits per heavy atom. The van der Waals surface area contributed by atoms with Gasteiger partial charge in [0, 0.05) is 6.04 Å². The lowest BCUT2D eigenvalue weighted by Crippen LogP contribution is -2.35. The van der Waals surface area contributed by atoms with Gasteiger partial charge in [-0.25, -0.2) is 0 Å². The fraction of sp³-hybridized carbons (Fsp3) is 0.688. The van der Waals surface area contributed by atoms with Gasteiger partial charge in [-0.1, -0.05) is 26.7 Å². The van der Waals surface area contributed by atoms with E-state index in [0.29, 0.717) is 23.5 Å². The third-order valence-corrected chi connectivity index (χ3v) is 4.28. The first-order valence-corrected chi connectivity index (χ1v) is 7.67. The molecule has 4 heteroatoms. The zero-order valence-corrected chi connectivity index (χ0v) is 13.0. The van der Waals surface area contributed by atoms with Crippen LogP contribution in [0.15, 0.2) is 12.1 Å². The molecule has 1 aromatic heterocycles. The lowest BCUT2D eigenvalue weighted by molar-refractivity contribution is 0.233. The molecule has 0 spiro atoms. The van der Waals surface area contributed by atoms with Gasteiger partial charge in [0.05, 0.1) is 11.8 Å². The summed E-state index contributed by atoms with van der Waals surface area (Å²) in [6, 6.07) is 4.29. The van der Waals surface area contributed by atoms with E-state index in [4.69, 9.17) is 10.5 Å². The first kappa shape index (κ1) is 14.9. The molecule has 1 aliphatic carbocycles. The lowest BCUT2D eigenvalue weighted by Gasteiger charge is -2.35. The Balaban J connectivity index is 2.09. The van der Waals surface area contributed by atoms with Gasteiger partial charge in [-0.15, -0.1) is 0 Å². The predicted octanol–water partition coefficient (Wildman–Crippen LogP) is 3.69. The monoisotopic (exact) mass is 277 g/mol. The van der Waals surface area contributed by atoms with Crippen molar-refractivity contribution in [2.24, 2.45) is 11.8 Å². The third kappa shape index (κ3) is 3.56. The highest BCUT2D eigenvalue weighted by Gasteiger charge is 2.27. The number of pyridine rings is 1. The van der Waals surface area contributed by atoms with E-state index in [9.17, 15) is 0 Å². The summed E-state index contributed by atoms with van der Waals surface area (Å²) in [5, 5.41) is 3.56. The molecule has 1 fully saturated rings. The van der Waals surface area contributed by atoms with Crippen LogP contribution in [0, 0.1) is 11.8 Å². The van der Waals surface area contributed by atoms with E-state index in [0.717, 1.165) is 11.7 Å². The van der Waals surface area contributed by atoms with Crippen molar-refractivity contribution in [2.45, 2.75) is 59.1 Å². The number of rotatable bonds is 4. The molecule has 1 aliphatic rings. The largest absolute Gasteiger partial charge is 0.473 e. The minimum Gasteiger partial charge on any atom is -0.473 e. The van der Waals surface area contributed by atoms with Gasteiger partial charge in [0.1, 0.15) is 5.82 Å². The van der Waals surface area contributed by atoms with Crippen LogP contribution >= 0.6 is 0 Å². The van der Waals surface area contributed by atoms with Gasteiger partial charge in [0.2, 0.25) is 5.88 Å². The second-order valence-corrected chi connectivity index (χ2v) is 6.28. The highest BCUT2D eigenvalue weighted by Crippen LogP contribution is 2.32. The number of nitrogens with two attached hydrogens (primary N) is 1. The molecule has 0 saturated heterocycles. The molecule has 0 bridgehead atoms. The molecule has 4 nitrogen and oxygen atoms in total. The molecule has 0 aliphatic heterocycles. The first-order valence-electron chi connectivity index (χ1n) is 7.67. The maximum atomic E-state index is 5.90. The summed E-state index contributed by atoms with van der Waals surface area (Å²) in [6.07, 6.45) is 3.90. The van der Waals surface area contributed by atoms with Crippen LogP contribution in [0.5, 0.6) is 5.88 Å². The van der Waals surface area contributed by atoms with Crippen molar-refractivity contribution in [3.63, 3.8) is 0 Å². The maximum Gasteiger partial charge on any atom is 0.239 e. The van der Waals surface area contributed by atoms with Crippen LogP contribution in [0.1, 0.15) is 47.0 Å². The Morgan fingerprint density at radius 3 is 2.75 bits per heavy atom. The Kier molecular flexibility index (Phi) is 4.73. The number of anilines is 2. The summed E-state index contributed by atoms with van der Waals surface area (Å²) in [5.41, 5.74) is 6.50. The van der Waals surface area contributed by atoms with E-state index in [1.165, 1.54) is 19.3 Å². The summed E-state index contributed by atoms with van der Waals surface area (Å²) in [4.78, 5) is 4.51. The average Bonchev–Trinajstić information content (AvgIpc) is 2.38. The summed E-state index contributed by atoms with van der Waals surface area (Å²) in [5.74, 6) is 2.82. The fourth-order valence-electron chi connectivity index (χ4n) is 2.82. The maximum absolute atomic E-state index is 5.90. The number of nitrogens with zero attached hydrogens (tertiary/aromatic N) is 1. The van der Waals surface area contributed by atoms with Crippen LogP contribution in [-0.4, -0.2) is 17.1 Å². The second-order valence-electron chi connectivity index (χ2n) is 6.28. The fourth-order valence-corrected chi connectivity index (χ4v) is 2.82.